The van der Waals surface area contributed by atoms with Crippen molar-refractivity contribution in [3.63, 3.8) is 0 Å². The minimum absolute atomic E-state index is 1.06. The van der Waals surface area contributed by atoms with Crippen LogP contribution < -0.4 is 0 Å². The molecule has 0 N–H and O–H groups in total. The van der Waals surface area contributed by atoms with Gasteiger partial charge in [-0.05, 0) is 18.6 Å². The molecule has 2 nitrogen and oxygen atoms in total. The molecule has 0 amide bonds. The molecule has 128 valence electrons. The molecule has 0 aliphatic carbocycles. The third-order valence-corrected chi connectivity index (χ3v) is 4.70. The number of unbranched alkanes of at least 4 members (excludes halogenated alkanes) is 13. The summed E-state index contributed by atoms with van der Waals surface area (Å²) in [5.74, 6) is 1.06. The molecule has 0 bridgehead atoms. The second-order valence-corrected chi connectivity index (χ2v) is 6.92. The smallest absolute Gasteiger partial charge is 0.0945 e. The average molecular weight is 325 g/mol. The van der Waals surface area contributed by atoms with Crippen molar-refractivity contribution in [2.75, 3.05) is 5.75 Å². The van der Waals surface area contributed by atoms with Crippen LogP contribution in [0.15, 0.2) is 18.7 Å². The molecule has 0 fully saturated rings. The second kappa shape index (κ2) is 15.5. The van der Waals surface area contributed by atoms with Crippen molar-refractivity contribution in [1.82, 2.24) is 9.55 Å². The Morgan fingerprint density at radius 3 is 1.50 bits per heavy atom. The largest absolute Gasteiger partial charge is 0.337 e. The maximum Gasteiger partial charge on any atom is 0.0945 e. The number of thiol groups is 1. The minimum atomic E-state index is 1.06. The molecule has 0 radical (unpaired) electrons. The molecule has 0 spiro atoms. The molecule has 1 aromatic rings. The summed E-state index contributed by atoms with van der Waals surface area (Å²) in [7, 11) is 0. The highest BCUT2D eigenvalue weighted by Gasteiger charge is 1.95. The Labute approximate surface area is 143 Å². The van der Waals surface area contributed by atoms with E-state index in [0.29, 0.717) is 0 Å². The van der Waals surface area contributed by atoms with E-state index in [1.807, 2.05) is 12.5 Å². The molecule has 0 atom stereocenters. The van der Waals surface area contributed by atoms with Gasteiger partial charge in [0.25, 0.3) is 0 Å². The molecule has 22 heavy (non-hydrogen) atoms. The summed E-state index contributed by atoms with van der Waals surface area (Å²) < 4.78 is 2.18. The number of nitrogens with zero attached hydrogens (tertiary/aromatic N) is 2. The summed E-state index contributed by atoms with van der Waals surface area (Å²) in [6.45, 7) is 1.13. The van der Waals surface area contributed by atoms with Crippen LogP contribution in [0, 0.1) is 0 Å². The topological polar surface area (TPSA) is 17.8 Å². The van der Waals surface area contributed by atoms with Crippen LogP contribution >= 0.6 is 12.6 Å². The predicted molar refractivity (Wildman–Crippen MR) is 101 cm³/mol. The lowest BCUT2D eigenvalue weighted by Crippen LogP contribution is -1.93. The fraction of sp³-hybridized carbons (Fsp3) is 0.842. The molecule has 1 rings (SSSR count). The monoisotopic (exact) mass is 324 g/mol. The van der Waals surface area contributed by atoms with Crippen LogP contribution in [-0.4, -0.2) is 15.3 Å². The van der Waals surface area contributed by atoms with Crippen LogP contribution in [-0.2, 0) is 6.54 Å². The molecule has 0 saturated carbocycles. The van der Waals surface area contributed by atoms with E-state index in [2.05, 4.69) is 28.4 Å². The number of aromatic nitrogens is 2. The zero-order valence-electron chi connectivity index (χ0n) is 14.4. The van der Waals surface area contributed by atoms with E-state index < -0.39 is 0 Å². The SMILES string of the molecule is SCCCCCCCCCCCCCCCCn1ccnc1. The molecule has 0 unspecified atom stereocenters. The third-order valence-electron chi connectivity index (χ3n) is 4.38. The fourth-order valence-electron chi connectivity index (χ4n) is 2.95. The zero-order chi connectivity index (χ0) is 15.7. The Morgan fingerprint density at radius 2 is 1.09 bits per heavy atom. The summed E-state index contributed by atoms with van der Waals surface area (Å²) in [6.07, 6.45) is 25.5. The van der Waals surface area contributed by atoms with Gasteiger partial charge in [0.15, 0.2) is 0 Å². The molecule has 1 heterocycles. The van der Waals surface area contributed by atoms with Gasteiger partial charge in [-0.3, -0.25) is 0 Å². The van der Waals surface area contributed by atoms with E-state index in [9.17, 15) is 0 Å². The summed E-state index contributed by atoms with van der Waals surface area (Å²) in [5.41, 5.74) is 0. The lowest BCUT2D eigenvalue weighted by atomic mass is 10.0. The van der Waals surface area contributed by atoms with Gasteiger partial charge in [-0.25, -0.2) is 4.98 Å². The number of rotatable bonds is 16. The van der Waals surface area contributed by atoms with Crippen LogP contribution in [0.25, 0.3) is 0 Å². The van der Waals surface area contributed by atoms with E-state index in [0.717, 1.165) is 12.3 Å². The molecular formula is C19H36N2S. The third kappa shape index (κ3) is 12.1. The first-order chi connectivity index (χ1) is 10.9. The summed E-state index contributed by atoms with van der Waals surface area (Å²) >= 11 is 4.25. The molecule has 3 heteroatoms. The minimum Gasteiger partial charge on any atom is -0.337 e. The predicted octanol–water partition coefficient (Wildman–Crippen LogP) is 6.27. The molecule has 0 aliphatic heterocycles. The first-order valence-electron chi connectivity index (χ1n) is 9.50. The van der Waals surface area contributed by atoms with Gasteiger partial charge in [0, 0.05) is 18.9 Å². The number of aryl methyl sites for hydroxylation is 1. The molecule has 0 saturated heterocycles. The van der Waals surface area contributed by atoms with Crippen LogP contribution in [0.2, 0.25) is 0 Å². The van der Waals surface area contributed by atoms with Crippen LogP contribution in [0.1, 0.15) is 89.9 Å². The Bertz CT molecular complexity index is 311. The highest BCUT2D eigenvalue weighted by atomic mass is 32.1. The van der Waals surface area contributed by atoms with Crippen molar-refractivity contribution in [2.45, 2.75) is 96.4 Å². The Balaban J connectivity index is 1.68. The van der Waals surface area contributed by atoms with Crippen molar-refractivity contribution in [3.05, 3.63) is 18.7 Å². The second-order valence-electron chi connectivity index (χ2n) is 6.47. The average Bonchev–Trinajstić information content (AvgIpc) is 3.04. The van der Waals surface area contributed by atoms with Gasteiger partial charge in [-0.15, -0.1) is 0 Å². The van der Waals surface area contributed by atoms with Gasteiger partial charge in [0.2, 0.25) is 0 Å². The highest BCUT2D eigenvalue weighted by Crippen LogP contribution is 2.13. The van der Waals surface area contributed by atoms with Crippen LogP contribution in [0.4, 0.5) is 0 Å². The molecule has 0 aromatic carbocycles. The number of hydrogen-bond donors (Lipinski definition) is 1. The van der Waals surface area contributed by atoms with Crippen molar-refractivity contribution < 1.29 is 0 Å². The normalized spacial score (nSPS) is 11.1. The van der Waals surface area contributed by atoms with Crippen molar-refractivity contribution in [3.8, 4) is 0 Å². The maximum absolute atomic E-state index is 4.25. The lowest BCUT2D eigenvalue weighted by Gasteiger charge is -2.04. The Kier molecular flexibility index (Phi) is 13.8. The van der Waals surface area contributed by atoms with E-state index >= 15 is 0 Å². The lowest BCUT2D eigenvalue weighted by molar-refractivity contribution is 0.524. The van der Waals surface area contributed by atoms with Gasteiger partial charge in [0.05, 0.1) is 6.33 Å². The quantitative estimate of drug-likeness (QED) is 0.280. The summed E-state index contributed by atoms with van der Waals surface area (Å²) in [6, 6.07) is 0. The van der Waals surface area contributed by atoms with Crippen molar-refractivity contribution in [1.29, 1.82) is 0 Å². The van der Waals surface area contributed by atoms with Crippen molar-refractivity contribution >= 4 is 12.6 Å². The van der Waals surface area contributed by atoms with Crippen LogP contribution in [0.3, 0.4) is 0 Å². The van der Waals surface area contributed by atoms with E-state index in [1.165, 1.54) is 89.9 Å². The Morgan fingerprint density at radius 1 is 0.636 bits per heavy atom. The molecular weight excluding hydrogens is 288 g/mol. The van der Waals surface area contributed by atoms with Gasteiger partial charge in [0.1, 0.15) is 0 Å². The van der Waals surface area contributed by atoms with Crippen molar-refractivity contribution in [2.24, 2.45) is 0 Å². The maximum atomic E-state index is 4.25. The first-order valence-corrected chi connectivity index (χ1v) is 10.1. The van der Waals surface area contributed by atoms with Gasteiger partial charge >= 0.3 is 0 Å². The van der Waals surface area contributed by atoms with E-state index in [4.69, 9.17) is 0 Å². The zero-order valence-corrected chi connectivity index (χ0v) is 15.3. The standard InChI is InChI=1S/C19H36N2S/c22-18-14-12-10-8-6-4-2-1-3-5-7-9-11-13-16-21-17-15-20-19-21/h15,17,19,22H,1-14,16,18H2. The molecule has 1 aromatic heterocycles. The Hall–Kier alpha value is -0.440. The number of hydrogen-bond acceptors (Lipinski definition) is 2. The van der Waals surface area contributed by atoms with E-state index in [1.54, 1.807) is 0 Å². The summed E-state index contributed by atoms with van der Waals surface area (Å²) in [5, 5.41) is 0. The fourth-order valence-corrected chi connectivity index (χ4v) is 3.17. The molecule has 0 aliphatic rings. The summed E-state index contributed by atoms with van der Waals surface area (Å²) in [4.78, 5) is 4.07. The van der Waals surface area contributed by atoms with Gasteiger partial charge in [-0.1, -0.05) is 77.0 Å². The van der Waals surface area contributed by atoms with Gasteiger partial charge in [-0.2, -0.15) is 12.6 Å². The van der Waals surface area contributed by atoms with Gasteiger partial charge < -0.3 is 4.57 Å². The van der Waals surface area contributed by atoms with E-state index in [-0.39, 0.29) is 0 Å². The highest BCUT2D eigenvalue weighted by molar-refractivity contribution is 7.80. The number of imidazole rings is 1. The first kappa shape index (κ1) is 19.6. The van der Waals surface area contributed by atoms with Crippen LogP contribution in [0.5, 0.6) is 0 Å².